The van der Waals surface area contributed by atoms with Crippen LogP contribution in [0.15, 0.2) is 42.5 Å². The van der Waals surface area contributed by atoms with E-state index in [1.165, 1.54) is 0 Å². The molecular formula is C15H17N3O. The fourth-order valence-corrected chi connectivity index (χ4v) is 1.89. The summed E-state index contributed by atoms with van der Waals surface area (Å²) < 4.78 is 0. The Kier molecular flexibility index (Phi) is 4.13. The lowest BCUT2D eigenvalue weighted by Gasteiger charge is -2.10. The summed E-state index contributed by atoms with van der Waals surface area (Å²) in [6.07, 6.45) is 1.96. The maximum atomic E-state index is 12.1. The van der Waals surface area contributed by atoms with Gasteiger partial charge in [-0.05, 0) is 30.2 Å². The molecule has 0 radical (unpaired) electrons. The van der Waals surface area contributed by atoms with E-state index in [0.717, 1.165) is 24.1 Å². The van der Waals surface area contributed by atoms with Gasteiger partial charge in [0.2, 0.25) is 0 Å². The quantitative estimate of drug-likeness (QED) is 0.882. The second-order valence-electron chi connectivity index (χ2n) is 4.31. The van der Waals surface area contributed by atoms with Gasteiger partial charge in [0.05, 0.1) is 0 Å². The van der Waals surface area contributed by atoms with Crippen molar-refractivity contribution in [1.82, 2.24) is 4.98 Å². The van der Waals surface area contributed by atoms with Crippen LogP contribution in [-0.4, -0.2) is 10.9 Å². The Hall–Kier alpha value is -2.36. The highest BCUT2D eigenvalue weighted by atomic mass is 16.1. The number of pyridine rings is 1. The number of nitrogens with zero attached hydrogens (tertiary/aromatic N) is 1. The Morgan fingerprint density at radius 2 is 2.00 bits per heavy atom. The van der Waals surface area contributed by atoms with Crippen molar-refractivity contribution in [2.45, 2.75) is 19.8 Å². The van der Waals surface area contributed by atoms with Gasteiger partial charge in [-0.25, -0.2) is 4.98 Å². The van der Waals surface area contributed by atoms with Gasteiger partial charge in [-0.2, -0.15) is 0 Å². The Bertz CT molecular complexity index is 581. The zero-order valence-corrected chi connectivity index (χ0v) is 10.9. The molecule has 1 aromatic carbocycles. The number of rotatable bonds is 4. The van der Waals surface area contributed by atoms with Crippen LogP contribution < -0.4 is 11.1 Å². The first-order chi connectivity index (χ1) is 9.20. The van der Waals surface area contributed by atoms with E-state index < -0.39 is 0 Å². The summed E-state index contributed by atoms with van der Waals surface area (Å²) >= 11 is 0. The van der Waals surface area contributed by atoms with Gasteiger partial charge in [-0.1, -0.05) is 37.6 Å². The lowest BCUT2D eigenvalue weighted by Crippen LogP contribution is -2.15. The summed E-state index contributed by atoms with van der Waals surface area (Å²) in [4.78, 5) is 16.1. The molecule has 0 atom stereocenters. The number of anilines is 2. The number of aromatic nitrogens is 1. The number of benzene rings is 1. The van der Waals surface area contributed by atoms with Gasteiger partial charge in [-0.3, -0.25) is 4.79 Å². The number of hydrogen-bond acceptors (Lipinski definition) is 3. The van der Waals surface area contributed by atoms with Crippen molar-refractivity contribution in [3.8, 4) is 0 Å². The van der Waals surface area contributed by atoms with E-state index in [-0.39, 0.29) is 5.91 Å². The Morgan fingerprint density at radius 3 is 2.74 bits per heavy atom. The molecule has 0 fully saturated rings. The molecule has 1 amide bonds. The molecule has 0 saturated heterocycles. The van der Waals surface area contributed by atoms with E-state index in [1.54, 1.807) is 18.2 Å². The van der Waals surface area contributed by atoms with E-state index in [1.807, 2.05) is 24.3 Å². The normalized spacial score (nSPS) is 10.2. The van der Waals surface area contributed by atoms with Gasteiger partial charge in [0, 0.05) is 5.69 Å². The van der Waals surface area contributed by atoms with E-state index in [4.69, 9.17) is 5.73 Å². The smallest absolute Gasteiger partial charge is 0.274 e. The van der Waals surface area contributed by atoms with Crippen LogP contribution in [0.25, 0.3) is 0 Å². The van der Waals surface area contributed by atoms with Crippen molar-refractivity contribution < 1.29 is 4.79 Å². The van der Waals surface area contributed by atoms with Crippen LogP contribution in [0.4, 0.5) is 11.5 Å². The summed E-state index contributed by atoms with van der Waals surface area (Å²) in [7, 11) is 0. The second kappa shape index (κ2) is 6.00. The summed E-state index contributed by atoms with van der Waals surface area (Å²) in [5.41, 5.74) is 7.86. The summed E-state index contributed by atoms with van der Waals surface area (Å²) in [5, 5.41) is 2.88. The van der Waals surface area contributed by atoms with E-state index in [0.29, 0.717) is 11.5 Å². The van der Waals surface area contributed by atoms with Gasteiger partial charge in [-0.15, -0.1) is 0 Å². The number of nitrogens with one attached hydrogen (secondary N) is 1. The molecular weight excluding hydrogens is 238 g/mol. The van der Waals surface area contributed by atoms with E-state index >= 15 is 0 Å². The van der Waals surface area contributed by atoms with Crippen molar-refractivity contribution in [2.75, 3.05) is 11.1 Å². The molecule has 1 aromatic heterocycles. The third-order valence-corrected chi connectivity index (χ3v) is 2.79. The third-order valence-electron chi connectivity index (χ3n) is 2.79. The number of amides is 1. The van der Waals surface area contributed by atoms with Crippen LogP contribution in [0.3, 0.4) is 0 Å². The highest BCUT2D eigenvalue weighted by Gasteiger charge is 2.09. The molecule has 98 valence electrons. The molecule has 0 aliphatic heterocycles. The lowest BCUT2D eigenvalue weighted by molar-refractivity contribution is 0.102. The fraction of sp³-hybridized carbons (Fsp3) is 0.200. The first kappa shape index (κ1) is 13.1. The van der Waals surface area contributed by atoms with Crippen molar-refractivity contribution in [3.63, 3.8) is 0 Å². The minimum absolute atomic E-state index is 0.240. The molecule has 3 N–H and O–H groups in total. The molecule has 0 spiro atoms. The number of para-hydroxylation sites is 1. The molecule has 2 rings (SSSR count). The standard InChI is InChI=1S/C15H17N3O/c1-2-6-11-7-3-4-8-12(11)18-15(19)13-9-5-10-14(16)17-13/h3-5,7-10H,2,6H2,1H3,(H2,16,17)(H,18,19). The monoisotopic (exact) mass is 255 g/mol. The molecule has 0 aliphatic rings. The van der Waals surface area contributed by atoms with Gasteiger partial charge in [0.1, 0.15) is 11.5 Å². The van der Waals surface area contributed by atoms with Crippen LogP contribution >= 0.6 is 0 Å². The maximum Gasteiger partial charge on any atom is 0.274 e. The van der Waals surface area contributed by atoms with Crippen molar-refractivity contribution in [3.05, 3.63) is 53.7 Å². The molecule has 4 heteroatoms. The van der Waals surface area contributed by atoms with Gasteiger partial charge in [0.15, 0.2) is 0 Å². The van der Waals surface area contributed by atoms with Crippen molar-refractivity contribution in [1.29, 1.82) is 0 Å². The molecule has 0 bridgehead atoms. The maximum absolute atomic E-state index is 12.1. The van der Waals surface area contributed by atoms with Crippen molar-refractivity contribution in [2.24, 2.45) is 0 Å². The van der Waals surface area contributed by atoms with E-state index in [9.17, 15) is 4.79 Å². The Labute approximate surface area is 112 Å². The summed E-state index contributed by atoms with van der Waals surface area (Å²) in [5.74, 6) is 0.102. The third kappa shape index (κ3) is 3.31. The van der Waals surface area contributed by atoms with Gasteiger partial charge >= 0.3 is 0 Å². The van der Waals surface area contributed by atoms with Crippen molar-refractivity contribution >= 4 is 17.4 Å². The van der Waals surface area contributed by atoms with E-state index in [2.05, 4.69) is 17.2 Å². The van der Waals surface area contributed by atoms with Gasteiger partial charge in [0.25, 0.3) is 5.91 Å². The molecule has 4 nitrogen and oxygen atoms in total. The average molecular weight is 255 g/mol. The number of carbonyl (C=O) groups excluding carboxylic acids is 1. The second-order valence-corrected chi connectivity index (χ2v) is 4.31. The van der Waals surface area contributed by atoms with Crippen LogP contribution in [0.1, 0.15) is 29.4 Å². The topological polar surface area (TPSA) is 68.0 Å². The fourth-order valence-electron chi connectivity index (χ4n) is 1.89. The molecule has 0 aliphatic carbocycles. The minimum atomic E-state index is -0.240. The molecule has 0 unspecified atom stereocenters. The Morgan fingerprint density at radius 1 is 1.21 bits per heavy atom. The van der Waals surface area contributed by atoms with Crippen LogP contribution in [-0.2, 0) is 6.42 Å². The predicted molar refractivity (Wildman–Crippen MR) is 77.0 cm³/mol. The first-order valence-corrected chi connectivity index (χ1v) is 6.32. The zero-order chi connectivity index (χ0) is 13.7. The lowest BCUT2D eigenvalue weighted by atomic mass is 10.1. The van der Waals surface area contributed by atoms with Crippen LogP contribution in [0.2, 0.25) is 0 Å². The molecule has 1 heterocycles. The van der Waals surface area contributed by atoms with Crippen LogP contribution in [0, 0.1) is 0 Å². The number of nitrogen functional groups attached to an aromatic ring is 1. The SMILES string of the molecule is CCCc1ccccc1NC(=O)c1cccc(N)n1. The number of carbonyl (C=O) groups is 1. The highest BCUT2D eigenvalue weighted by Crippen LogP contribution is 2.17. The minimum Gasteiger partial charge on any atom is -0.384 e. The molecule has 0 saturated carbocycles. The number of aryl methyl sites for hydroxylation is 1. The first-order valence-electron chi connectivity index (χ1n) is 6.32. The number of hydrogen-bond donors (Lipinski definition) is 2. The Balaban J connectivity index is 2.19. The summed E-state index contributed by atoms with van der Waals surface area (Å²) in [6, 6.07) is 12.8. The number of nitrogens with two attached hydrogens (primary N) is 1. The summed E-state index contributed by atoms with van der Waals surface area (Å²) in [6.45, 7) is 2.11. The zero-order valence-electron chi connectivity index (χ0n) is 10.9. The molecule has 19 heavy (non-hydrogen) atoms. The molecule has 2 aromatic rings. The van der Waals surface area contributed by atoms with Crippen LogP contribution in [0.5, 0.6) is 0 Å². The largest absolute Gasteiger partial charge is 0.384 e. The highest BCUT2D eigenvalue weighted by molar-refractivity contribution is 6.03. The predicted octanol–water partition coefficient (Wildman–Crippen LogP) is 2.87. The van der Waals surface area contributed by atoms with Gasteiger partial charge < -0.3 is 11.1 Å². The average Bonchev–Trinajstić information content (AvgIpc) is 2.41.